The van der Waals surface area contributed by atoms with E-state index in [4.69, 9.17) is 5.73 Å². The molecule has 4 aromatic rings. The Balaban J connectivity index is 1.78. The molecule has 0 saturated carbocycles. The molecule has 0 aliphatic carbocycles. The topological polar surface area (TPSA) is 103 Å². The van der Waals surface area contributed by atoms with Gasteiger partial charge in [-0.2, -0.15) is 18.3 Å². The smallest absolute Gasteiger partial charge is 0.364 e. The fourth-order valence-corrected chi connectivity index (χ4v) is 3.56. The molecule has 0 unspecified atom stereocenters. The van der Waals surface area contributed by atoms with Crippen molar-refractivity contribution in [3.63, 3.8) is 0 Å². The molecule has 0 atom stereocenters. The summed E-state index contributed by atoms with van der Waals surface area (Å²) in [6.07, 6.45) is -4.99. The van der Waals surface area contributed by atoms with E-state index in [-0.39, 0.29) is 34.3 Å². The third-order valence-electron chi connectivity index (χ3n) is 5.30. The van der Waals surface area contributed by atoms with Gasteiger partial charge in [0, 0.05) is 11.5 Å². The Labute approximate surface area is 198 Å². The number of alkyl halides is 3. The van der Waals surface area contributed by atoms with Gasteiger partial charge in [0.25, 0.3) is 11.8 Å². The summed E-state index contributed by atoms with van der Waals surface area (Å²) < 4.78 is 82.6. The first kappa shape index (κ1) is 24.7. The quantitative estimate of drug-likeness (QED) is 0.386. The molecule has 4 rings (SSSR count). The number of benzene rings is 2. The number of nitrogens with one attached hydrogen (secondary N) is 1. The normalized spacial score (nSPS) is 11.6. The van der Waals surface area contributed by atoms with E-state index in [1.165, 1.54) is 19.1 Å². The van der Waals surface area contributed by atoms with Gasteiger partial charge in [0.1, 0.15) is 11.5 Å². The fraction of sp³-hybridized carbons (Fsp3) is 0.130. The van der Waals surface area contributed by atoms with Gasteiger partial charge in [-0.1, -0.05) is 6.07 Å². The summed E-state index contributed by atoms with van der Waals surface area (Å²) in [5.41, 5.74) is 2.29. The average molecular weight is 507 g/mol. The molecule has 7 nitrogen and oxygen atoms in total. The molecule has 13 heteroatoms. The first-order valence-corrected chi connectivity index (χ1v) is 10.1. The molecule has 0 aliphatic heterocycles. The molecule has 3 N–H and O–H groups in total. The summed E-state index contributed by atoms with van der Waals surface area (Å²) >= 11 is 0. The number of rotatable bonds is 5. The van der Waals surface area contributed by atoms with E-state index in [1.54, 1.807) is 0 Å². The summed E-state index contributed by atoms with van der Waals surface area (Å²) in [6, 6.07) is 6.92. The lowest BCUT2D eigenvalue weighted by molar-refractivity contribution is -0.140. The van der Waals surface area contributed by atoms with Crippen LogP contribution in [-0.4, -0.2) is 26.6 Å². The number of pyridine rings is 1. The lowest BCUT2D eigenvalue weighted by Crippen LogP contribution is -2.19. The van der Waals surface area contributed by atoms with E-state index in [9.17, 15) is 35.9 Å². The number of carbonyl (C=O) groups excluding carboxylic acids is 2. The molecule has 186 valence electrons. The Morgan fingerprint density at radius 3 is 2.39 bits per heavy atom. The monoisotopic (exact) mass is 507 g/mol. The number of fused-ring (bicyclic) bond motifs is 1. The Bertz CT molecular complexity index is 1530. The van der Waals surface area contributed by atoms with Crippen molar-refractivity contribution in [3.8, 4) is 0 Å². The Morgan fingerprint density at radius 1 is 1.03 bits per heavy atom. The predicted octanol–water partition coefficient (Wildman–Crippen LogP) is 4.58. The molecule has 0 fully saturated rings. The van der Waals surface area contributed by atoms with Crippen LogP contribution in [0.2, 0.25) is 0 Å². The zero-order chi connectivity index (χ0) is 26.4. The van der Waals surface area contributed by atoms with Crippen molar-refractivity contribution in [2.24, 2.45) is 5.73 Å². The van der Waals surface area contributed by atoms with Crippen LogP contribution in [0.3, 0.4) is 0 Å². The second-order valence-corrected chi connectivity index (χ2v) is 7.75. The second-order valence-electron chi connectivity index (χ2n) is 7.75. The average Bonchev–Trinajstić information content (AvgIpc) is 3.10. The van der Waals surface area contributed by atoms with Crippen LogP contribution in [0.1, 0.15) is 37.8 Å². The van der Waals surface area contributed by atoms with Crippen LogP contribution in [0.25, 0.3) is 10.9 Å². The SMILES string of the molecule is Cc1c(NC(=O)c2cc(C(N)=O)nc3cc(F)ccc23)c(C(F)(F)F)nn1Cc1ccc(F)c(F)c1. The van der Waals surface area contributed by atoms with Gasteiger partial charge in [0.15, 0.2) is 17.3 Å². The second kappa shape index (κ2) is 8.98. The number of carbonyl (C=O) groups is 2. The van der Waals surface area contributed by atoms with E-state index >= 15 is 0 Å². The highest BCUT2D eigenvalue weighted by Crippen LogP contribution is 2.36. The number of nitrogens with two attached hydrogens (primary N) is 1. The van der Waals surface area contributed by atoms with Crippen LogP contribution < -0.4 is 11.1 Å². The van der Waals surface area contributed by atoms with Gasteiger partial charge >= 0.3 is 6.18 Å². The van der Waals surface area contributed by atoms with E-state index in [0.717, 1.165) is 35.0 Å². The first-order chi connectivity index (χ1) is 16.8. The van der Waals surface area contributed by atoms with Crippen molar-refractivity contribution in [2.75, 3.05) is 5.32 Å². The maximum Gasteiger partial charge on any atom is 0.437 e. The van der Waals surface area contributed by atoms with Gasteiger partial charge < -0.3 is 11.1 Å². The van der Waals surface area contributed by atoms with Gasteiger partial charge in [-0.25, -0.2) is 18.2 Å². The lowest BCUT2D eigenvalue weighted by atomic mass is 10.1. The third kappa shape index (κ3) is 4.72. The summed E-state index contributed by atoms with van der Waals surface area (Å²) in [6.45, 7) is 0.887. The Morgan fingerprint density at radius 2 is 1.75 bits per heavy atom. The van der Waals surface area contributed by atoms with E-state index in [0.29, 0.717) is 0 Å². The van der Waals surface area contributed by atoms with Gasteiger partial charge in [-0.3, -0.25) is 14.3 Å². The van der Waals surface area contributed by atoms with Gasteiger partial charge in [-0.15, -0.1) is 0 Å². The molecule has 0 bridgehead atoms. The molecular formula is C23H15F6N5O2. The van der Waals surface area contributed by atoms with Gasteiger partial charge in [0.05, 0.1) is 29.0 Å². The predicted molar refractivity (Wildman–Crippen MR) is 116 cm³/mol. The number of amides is 2. The molecule has 0 aliphatic rings. The molecule has 36 heavy (non-hydrogen) atoms. The largest absolute Gasteiger partial charge is 0.437 e. The van der Waals surface area contributed by atoms with E-state index in [2.05, 4.69) is 15.4 Å². The highest BCUT2D eigenvalue weighted by atomic mass is 19.4. The van der Waals surface area contributed by atoms with Crippen molar-refractivity contribution in [3.05, 3.63) is 88.1 Å². The van der Waals surface area contributed by atoms with Crippen molar-refractivity contribution in [1.29, 1.82) is 0 Å². The van der Waals surface area contributed by atoms with Crippen molar-refractivity contribution >= 4 is 28.4 Å². The summed E-state index contributed by atoms with van der Waals surface area (Å²) in [5.74, 6) is -5.15. The molecule has 2 heterocycles. The first-order valence-electron chi connectivity index (χ1n) is 10.1. The fourth-order valence-electron chi connectivity index (χ4n) is 3.56. The molecule has 0 spiro atoms. The van der Waals surface area contributed by atoms with Crippen LogP contribution in [0.4, 0.5) is 32.0 Å². The third-order valence-corrected chi connectivity index (χ3v) is 5.30. The number of halogens is 6. The Kier molecular flexibility index (Phi) is 6.16. The molecule has 0 radical (unpaired) electrons. The molecule has 0 saturated heterocycles. The van der Waals surface area contributed by atoms with Crippen molar-refractivity contribution in [2.45, 2.75) is 19.6 Å². The highest BCUT2D eigenvalue weighted by molar-refractivity contribution is 6.14. The zero-order valence-corrected chi connectivity index (χ0v) is 18.3. The van der Waals surface area contributed by atoms with E-state index < -0.39 is 52.5 Å². The minimum Gasteiger partial charge on any atom is -0.364 e. The van der Waals surface area contributed by atoms with Gasteiger partial charge in [0.2, 0.25) is 0 Å². The molecule has 2 aromatic heterocycles. The van der Waals surface area contributed by atoms with Crippen LogP contribution in [0.15, 0.2) is 42.5 Å². The maximum absolute atomic E-state index is 13.8. The zero-order valence-electron chi connectivity index (χ0n) is 18.3. The number of aromatic nitrogens is 3. The van der Waals surface area contributed by atoms with Crippen LogP contribution in [0, 0.1) is 24.4 Å². The Hall–Kier alpha value is -4.42. The highest BCUT2D eigenvalue weighted by Gasteiger charge is 2.39. The minimum absolute atomic E-state index is 0.0549. The number of hydrogen-bond donors (Lipinski definition) is 2. The summed E-state index contributed by atoms with van der Waals surface area (Å²) in [7, 11) is 0. The number of primary amides is 1. The number of hydrogen-bond acceptors (Lipinski definition) is 4. The standard InChI is InChI=1S/C23H15F6N5O2/c1-10-19(20(23(27,28)29)33-34(10)9-11-2-5-15(25)16(26)6-11)32-22(36)14-8-18(21(30)35)31-17-7-12(24)3-4-13(14)17/h2-8H,9H2,1H3,(H2,30,35)(H,32,36). The van der Waals surface area contributed by atoms with Crippen LogP contribution >= 0.6 is 0 Å². The summed E-state index contributed by atoms with van der Waals surface area (Å²) in [4.78, 5) is 28.6. The molecule has 2 aromatic carbocycles. The van der Waals surface area contributed by atoms with Crippen LogP contribution in [0.5, 0.6) is 0 Å². The van der Waals surface area contributed by atoms with Crippen LogP contribution in [-0.2, 0) is 12.7 Å². The number of anilines is 1. The molecular weight excluding hydrogens is 492 g/mol. The van der Waals surface area contributed by atoms with E-state index in [1.807, 2.05) is 0 Å². The summed E-state index contributed by atoms with van der Waals surface area (Å²) in [5, 5.41) is 5.73. The lowest BCUT2D eigenvalue weighted by Gasteiger charge is -2.12. The maximum atomic E-state index is 13.8. The molecule has 2 amide bonds. The van der Waals surface area contributed by atoms with Gasteiger partial charge in [-0.05, 0) is 42.8 Å². The van der Waals surface area contributed by atoms with Crippen molar-refractivity contribution in [1.82, 2.24) is 14.8 Å². The number of nitrogens with zero attached hydrogens (tertiary/aromatic N) is 3. The minimum atomic E-state index is -4.99. The van der Waals surface area contributed by atoms with Crippen molar-refractivity contribution < 1.29 is 35.9 Å².